The number of nitrogens with zero attached hydrogens (tertiary/aromatic N) is 1. The molecular formula is C35H33ClF4N2O7. The molecule has 1 aromatic heterocycles. The lowest BCUT2D eigenvalue weighted by Crippen LogP contribution is -2.48. The Morgan fingerprint density at radius 2 is 1.67 bits per heavy atom. The number of halogens is 5. The quantitative estimate of drug-likeness (QED) is 0.0937. The molecule has 4 aromatic rings. The summed E-state index contributed by atoms with van der Waals surface area (Å²) in [4.78, 5) is 53.5. The van der Waals surface area contributed by atoms with Crippen molar-refractivity contribution in [2.24, 2.45) is 0 Å². The number of amides is 1. The third-order valence-corrected chi connectivity index (χ3v) is 7.82. The van der Waals surface area contributed by atoms with Crippen LogP contribution in [0.3, 0.4) is 0 Å². The van der Waals surface area contributed by atoms with Crippen LogP contribution in [0.4, 0.5) is 17.6 Å². The van der Waals surface area contributed by atoms with Gasteiger partial charge in [0.25, 0.3) is 5.56 Å². The van der Waals surface area contributed by atoms with E-state index in [1.54, 1.807) is 63.2 Å². The van der Waals surface area contributed by atoms with Gasteiger partial charge in [-0.05, 0) is 61.5 Å². The van der Waals surface area contributed by atoms with E-state index in [2.05, 4.69) is 5.32 Å². The first-order chi connectivity index (χ1) is 23.1. The van der Waals surface area contributed by atoms with E-state index >= 15 is 0 Å². The standard InChI is InChI=1S/C35H33ClF4N2O7/c1-5-27(42-12-11-20-9-10-21(36)14-23(20)34(42)46)33(45)41-26(28(43)18-48-32-30(39)24(37)15-25(38)31(32)40)16-29(44)49-35(2,3)17-19-7-6-8-22(13-19)47-4/h6-15,26-27H,5,16-18H2,1-4H3,(H,41,45)/t26?,27-/m0/s1. The fraction of sp³-hybridized carbons (Fsp3) is 0.314. The number of rotatable bonds is 14. The molecule has 0 saturated heterocycles. The number of hydrogen-bond acceptors (Lipinski definition) is 7. The van der Waals surface area contributed by atoms with Crippen LogP contribution < -0.4 is 20.3 Å². The number of benzene rings is 3. The van der Waals surface area contributed by atoms with Crippen molar-refractivity contribution in [1.82, 2.24) is 9.88 Å². The minimum absolute atomic E-state index is 0.0285. The monoisotopic (exact) mass is 704 g/mol. The number of nitrogens with one attached hydrogen (secondary N) is 1. The second kappa shape index (κ2) is 15.5. The number of ether oxygens (including phenoxy) is 3. The minimum atomic E-state index is -1.88. The maximum absolute atomic E-state index is 14.2. The van der Waals surface area contributed by atoms with E-state index in [-0.39, 0.29) is 24.3 Å². The zero-order valence-corrected chi connectivity index (χ0v) is 27.7. The molecule has 0 spiro atoms. The van der Waals surface area contributed by atoms with Gasteiger partial charge in [-0.2, -0.15) is 8.78 Å². The fourth-order valence-corrected chi connectivity index (χ4v) is 5.41. The lowest BCUT2D eigenvalue weighted by Gasteiger charge is -2.27. The average molecular weight is 705 g/mol. The normalized spacial score (nSPS) is 12.7. The number of aromatic nitrogens is 1. The molecule has 0 aliphatic heterocycles. The number of fused-ring (bicyclic) bond motifs is 1. The van der Waals surface area contributed by atoms with Gasteiger partial charge >= 0.3 is 5.97 Å². The topological polar surface area (TPSA) is 113 Å². The number of carbonyl (C=O) groups is 3. The second-order valence-electron chi connectivity index (χ2n) is 11.8. The number of hydrogen-bond donors (Lipinski definition) is 1. The van der Waals surface area contributed by atoms with Crippen molar-refractivity contribution in [2.45, 2.75) is 57.7 Å². The van der Waals surface area contributed by atoms with E-state index < -0.39 is 82.9 Å². The number of carbonyl (C=O) groups excluding carboxylic acids is 3. The van der Waals surface area contributed by atoms with Crippen LogP contribution in [0.5, 0.6) is 11.5 Å². The molecule has 1 amide bonds. The van der Waals surface area contributed by atoms with Crippen molar-refractivity contribution in [1.29, 1.82) is 0 Å². The van der Waals surface area contributed by atoms with Crippen LogP contribution in [0.2, 0.25) is 5.02 Å². The molecule has 49 heavy (non-hydrogen) atoms. The van der Waals surface area contributed by atoms with Gasteiger partial charge in [-0.25, -0.2) is 8.78 Å². The van der Waals surface area contributed by atoms with Gasteiger partial charge in [-0.15, -0.1) is 0 Å². The summed E-state index contributed by atoms with van der Waals surface area (Å²) >= 11 is 6.07. The molecule has 260 valence electrons. The summed E-state index contributed by atoms with van der Waals surface area (Å²) in [5.41, 5.74) is -0.897. The zero-order chi connectivity index (χ0) is 36.0. The first kappa shape index (κ1) is 36.9. The summed E-state index contributed by atoms with van der Waals surface area (Å²) < 4.78 is 72.8. The molecule has 0 radical (unpaired) electrons. The van der Waals surface area contributed by atoms with Crippen LogP contribution >= 0.6 is 11.6 Å². The van der Waals surface area contributed by atoms with E-state index in [1.807, 2.05) is 0 Å². The van der Waals surface area contributed by atoms with Crippen LogP contribution in [0, 0.1) is 23.3 Å². The maximum atomic E-state index is 14.2. The summed E-state index contributed by atoms with van der Waals surface area (Å²) in [5.74, 6) is -11.1. The Labute approximate surface area is 283 Å². The number of ketones is 1. The lowest BCUT2D eigenvalue weighted by molar-refractivity contribution is -0.158. The molecule has 1 heterocycles. The third kappa shape index (κ3) is 8.96. The summed E-state index contributed by atoms with van der Waals surface area (Å²) in [6, 6.07) is 10.4. The van der Waals surface area contributed by atoms with Crippen LogP contribution in [-0.2, 0) is 25.5 Å². The first-order valence-electron chi connectivity index (χ1n) is 15.1. The number of Topliss-reactive ketones (excluding diaryl/α,β-unsaturated/α-hetero) is 1. The predicted octanol–water partition coefficient (Wildman–Crippen LogP) is 6.26. The molecule has 0 saturated carbocycles. The minimum Gasteiger partial charge on any atom is -0.497 e. The highest BCUT2D eigenvalue weighted by atomic mass is 35.5. The summed E-state index contributed by atoms with van der Waals surface area (Å²) in [6.45, 7) is 3.66. The Morgan fingerprint density at radius 3 is 2.33 bits per heavy atom. The molecule has 0 bridgehead atoms. The molecule has 2 atom stereocenters. The van der Waals surface area contributed by atoms with E-state index in [1.165, 1.54) is 19.4 Å². The summed E-state index contributed by atoms with van der Waals surface area (Å²) in [7, 11) is 1.50. The molecule has 14 heteroatoms. The highest BCUT2D eigenvalue weighted by Gasteiger charge is 2.32. The molecule has 1 unspecified atom stereocenters. The van der Waals surface area contributed by atoms with Crippen LogP contribution in [0.15, 0.2) is 65.6 Å². The Hall–Kier alpha value is -4.91. The van der Waals surface area contributed by atoms with Crippen LogP contribution in [0.25, 0.3) is 10.8 Å². The second-order valence-corrected chi connectivity index (χ2v) is 12.2. The number of esters is 1. The van der Waals surface area contributed by atoms with Gasteiger partial charge in [0.05, 0.1) is 13.5 Å². The molecule has 0 aliphatic carbocycles. The number of pyridine rings is 1. The molecular weight excluding hydrogens is 672 g/mol. The van der Waals surface area contributed by atoms with Crippen molar-refractivity contribution in [2.75, 3.05) is 13.7 Å². The Balaban J connectivity index is 1.59. The Bertz CT molecular complexity index is 1920. The van der Waals surface area contributed by atoms with Crippen molar-refractivity contribution in [3.05, 3.63) is 105 Å². The fourth-order valence-electron chi connectivity index (χ4n) is 5.24. The third-order valence-electron chi connectivity index (χ3n) is 7.58. The summed E-state index contributed by atoms with van der Waals surface area (Å²) in [5, 5.41) is 3.51. The van der Waals surface area contributed by atoms with E-state index in [0.717, 1.165) is 10.1 Å². The van der Waals surface area contributed by atoms with Crippen molar-refractivity contribution >= 4 is 40.0 Å². The zero-order valence-electron chi connectivity index (χ0n) is 27.0. The molecule has 9 nitrogen and oxygen atoms in total. The van der Waals surface area contributed by atoms with Gasteiger partial charge in [-0.1, -0.05) is 36.7 Å². The molecule has 3 aromatic carbocycles. The lowest BCUT2D eigenvalue weighted by atomic mass is 9.98. The van der Waals surface area contributed by atoms with E-state index in [4.69, 9.17) is 25.8 Å². The van der Waals surface area contributed by atoms with Crippen molar-refractivity contribution in [3.63, 3.8) is 0 Å². The highest BCUT2D eigenvalue weighted by molar-refractivity contribution is 6.31. The van der Waals surface area contributed by atoms with Gasteiger partial charge in [0.2, 0.25) is 17.5 Å². The molecule has 1 N–H and O–H groups in total. The van der Waals surface area contributed by atoms with Crippen molar-refractivity contribution < 1.29 is 46.2 Å². The predicted molar refractivity (Wildman–Crippen MR) is 173 cm³/mol. The van der Waals surface area contributed by atoms with E-state index in [0.29, 0.717) is 16.2 Å². The van der Waals surface area contributed by atoms with Gasteiger partial charge in [-0.3, -0.25) is 19.2 Å². The van der Waals surface area contributed by atoms with Crippen LogP contribution in [0.1, 0.15) is 45.2 Å². The number of methoxy groups -OCH3 is 1. The molecule has 4 rings (SSSR count). The molecule has 0 fully saturated rings. The largest absolute Gasteiger partial charge is 0.497 e. The summed E-state index contributed by atoms with van der Waals surface area (Å²) in [6.07, 6.45) is 0.926. The SMILES string of the molecule is CC[C@@H](C(=O)NC(CC(=O)OC(C)(C)Cc1cccc(OC)c1)C(=O)COc1c(F)c(F)cc(F)c1F)n1ccc2ccc(Cl)cc2c1=O. The maximum Gasteiger partial charge on any atom is 0.308 e. The Morgan fingerprint density at radius 1 is 0.980 bits per heavy atom. The van der Waals surface area contributed by atoms with Gasteiger partial charge < -0.3 is 24.1 Å². The first-order valence-corrected chi connectivity index (χ1v) is 15.5. The smallest absolute Gasteiger partial charge is 0.308 e. The molecule has 0 aliphatic rings. The average Bonchev–Trinajstić information content (AvgIpc) is 3.04. The van der Waals surface area contributed by atoms with Gasteiger partial charge in [0.15, 0.2) is 23.2 Å². The van der Waals surface area contributed by atoms with Gasteiger partial charge in [0.1, 0.15) is 30.0 Å². The van der Waals surface area contributed by atoms with Crippen molar-refractivity contribution in [3.8, 4) is 11.5 Å². The van der Waals surface area contributed by atoms with Gasteiger partial charge in [0, 0.05) is 29.1 Å². The Kier molecular flexibility index (Phi) is 11.7. The van der Waals surface area contributed by atoms with Crippen LogP contribution in [-0.4, -0.2) is 47.6 Å². The highest BCUT2D eigenvalue weighted by Crippen LogP contribution is 2.27. The van der Waals surface area contributed by atoms with E-state index in [9.17, 15) is 36.7 Å².